The summed E-state index contributed by atoms with van der Waals surface area (Å²) in [5.41, 5.74) is -0.0246. The van der Waals surface area contributed by atoms with Gasteiger partial charge < -0.3 is 10.2 Å². The standard InChI is InChI=1S/C15H28N2O/c1-10-12-8-6-7-11(12)9-17(10)14(18)13(16-5)15(2,3)4/h10-13,16H,6-9H2,1-5H3. The minimum Gasteiger partial charge on any atom is -0.338 e. The Kier molecular flexibility index (Phi) is 3.72. The summed E-state index contributed by atoms with van der Waals surface area (Å²) in [5, 5.41) is 3.21. The number of amides is 1. The molecular weight excluding hydrogens is 224 g/mol. The van der Waals surface area contributed by atoms with Crippen LogP contribution < -0.4 is 5.32 Å². The summed E-state index contributed by atoms with van der Waals surface area (Å²) in [6.45, 7) is 9.62. The zero-order valence-corrected chi connectivity index (χ0v) is 12.5. The maximum Gasteiger partial charge on any atom is 0.240 e. The summed E-state index contributed by atoms with van der Waals surface area (Å²) in [7, 11) is 1.90. The van der Waals surface area contributed by atoms with Crippen LogP contribution in [-0.4, -0.2) is 36.5 Å². The van der Waals surface area contributed by atoms with Gasteiger partial charge in [-0.05, 0) is 44.1 Å². The van der Waals surface area contributed by atoms with Crippen LogP contribution in [0.3, 0.4) is 0 Å². The molecule has 1 heterocycles. The van der Waals surface area contributed by atoms with Crippen molar-refractivity contribution in [1.29, 1.82) is 0 Å². The second-order valence-corrected chi connectivity index (χ2v) is 7.17. The van der Waals surface area contributed by atoms with Gasteiger partial charge in [0.1, 0.15) is 0 Å². The van der Waals surface area contributed by atoms with Gasteiger partial charge in [0.25, 0.3) is 0 Å². The molecule has 0 radical (unpaired) electrons. The summed E-state index contributed by atoms with van der Waals surface area (Å²) in [6.07, 6.45) is 3.99. The lowest BCUT2D eigenvalue weighted by molar-refractivity contribution is -0.137. The molecule has 2 fully saturated rings. The molecule has 0 bridgehead atoms. The second-order valence-electron chi connectivity index (χ2n) is 7.17. The van der Waals surface area contributed by atoms with Crippen LogP contribution in [0.15, 0.2) is 0 Å². The zero-order valence-electron chi connectivity index (χ0n) is 12.5. The third-order valence-electron chi connectivity index (χ3n) is 4.95. The normalized spacial score (nSPS) is 33.6. The van der Waals surface area contributed by atoms with Crippen molar-refractivity contribution in [2.45, 2.75) is 59.0 Å². The molecule has 0 aromatic carbocycles. The lowest BCUT2D eigenvalue weighted by atomic mass is 9.85. The molecule has 0 spiro atoms. The molecular formula is C15H28N2O. The molecule has 1 saturated heterocycles. The number of nitrogens with one attached hydrogen (secondary N) is 1. The van der Waals surface area contributed by atoms with Gasteiger partial charge in [0, 0.05) is 12.6 Å². The molecule has 1 aliphatic heterocycles. The lowest BCUT2D eigenvalue weighted by Gasteiger charge is -2.35. The van der Waals surface area contributed by atoms with E-state index in [1.54, 1.807) is 0 Å². The maximum absolute atomic E-state index is 12.7. The molecule has 2 rings (SSSR count). The number of likely N-dealkylation sites (tertiary alicyclic amines) is 1. The predicted molar refractivity (Wildman–Crippen MR) is 74.3 cm³/mol. The van der Waals surface area contributed by atoms with Gasteiger partial charge in [0.15, 0.2) is 0 Å². The molecule has 1 amide bonds. The first kappa shape index (κ1) is 13.9. The quantitative estimate of drug-likeness (QED) is 0.817. The number of rotatable bonds is 2. The summed E-state index contributed by atoms with van der Waals surface area (Å²) >= 11 is 0. The minimum absolute atomic E-state index is 0.0246. The summed E-state index contributed by atoms with van der Waals surface area (Å²) in [5.74, 6) is 1.82. The number of likely N-dealkylation sites (N-methyl/N-ethyl adjacent to an activating group) is 1. The predicted octanol–water partition coefficient (Wildman–Crippen LogP) is 2.27. The number of fused-ring (bicyclic) bond motifs is 1. The molecule has 1 aliphatic carbocycles. The lowest BCUT2D eigenvalue weighted by Crippen LogP contribution is -2.53. The topological polar surface area (TPSA) is 32.3 Å². The smallest absolute Gasteiger partial charge is 0.240 e. The van der Waals surface area contributed by atoms with E-state index in [0.717, 1.165) is 18.4 Å². The van der Waals surface area contributed by atoms with Crippen molar-refractivity contribution in [3.8, 4) is 0 Å². The Labute approximate surface area is 111 Å². The van der Waals surface area contributed by atoms with E-state index in [1.165, 1.54) is 19.3 Å². The summed E-state index contributed by atoms with van der Waals surface area (Å²) in [4.78, 5) is 14.9. The molecule has 2 aliphatic rings. The Hall–Kier alpha value is -0.570. The third kappa shape index (κ3) is 2.29. The van der Waals surface area contributed by atoms with Crippen LogP contribution in [-0.2, 0) is 4.79 Å². The highest BCUT2D eigenvalue weighted by molar-refractivity contribution is 5.83. The monoisotopic (exact) mass is 252 g/mol. The number of carbonyl (C=O) groups excluding carboxylic acids is 1. The van der Waals surface area contributed by atoms with Gasteiger partial charge in [0.05, 0.1) is 6.04 Å². The van der Waals surface area contributed by atoms with Crippen LogP contribution in [0.1, 0.15) is 47.0 Å². The third-order valence-corrected chi connectivity index (χ3v) is 4.95. The van der Waals surface area contributed by atoms with Gasteiger partial charge in [-0.3, -0.25) is 4.79 Å². The minimum atomic E-state index is -0.0706. The molecule has 104 valence electrons. The van der Waals surface area contributed by atoms with Crippen LogP contribution in [0.5, 0.6) is 0 Å². The van der Waals surface area contributed by atoms with Crippen molar-refractivity contribution >= 4 is 5.91 Å². The van der Waals surface area contributed by atoms with Crippen molar-refractivity contribution in [3.63, 3.8) is 0 Å². The number of nitrogens with zero attached hydrogens (tertiary/aromatic N) is 1. The molecule has 0 aromatic heterocycles. The first-order valence-corrected chi connectivity index (χ1v) is 7.34. The average molecular weight is 252 g/mol. The maximum atomic E-state index is 12.7. The first-order valence-electron chi connectivity index (χ1n) is 7.34. The van der Waals surface area contributed by atoms with Crippen LogP contribution in [0, 0.1) is 17.3 Å². The van der Waals surface area contributed by atoms with E-state index in [9.17, 15) is 4.79 Å². The summed E-state index contributed by atoms with van der Waals surface area (Å²) < 4.78 is 0. The molecule has 0 aromatic rings. The largest absolute Gasteiger partial charge is 0.338 e. The van der Waals surface area contributed by atoms with Crippen LogP contribution in [0.4, 0.5) is 0 Å². The van der Waals surface area contributed by atoms with E-state index >= 15 is 0 Å². The second kappa shape index (κ2) is 4.84. The highest BCUT2D eigenvalue weighted by atomic mass is 16.2. The van der Waals surface area contributed by atoms with Gasteiger partial charge in [-0.1, -0.05) is 27.2 Å². The fourth-order valence-corrected chi connectivity index (χ4v) is 3.96. The number of hydrogen-bond donors (Lipinski definition) is 1. The molecule has 3 heteroatoms. The fraction of sp³-hybridized carbons (Fsp3) is 0.933. The van der Waals surface area contributed by atoms with Gasteiger partial charge >= 0.3 is 0 Å². The highest BCUT2D eigenvalue weighted by Crippen LogP contribution is 2.42. The molecule has 4 atom stereocenters. The van der Waals surface area contributed by atoms with E-state index in [-0.39, 0.29) is 11.5 Å². The van der Waals surface area contributed by atoms with Gasteiger partial charge in [-0.15, -0.1) is 0 Å². The van der Waals surface area contributed by atoms with Crippen molar-refractivity contribution in [3.05, 3.63) is 0 Å². The van der Waals surface area contributed by atoms with Crippen LogP contribution >= 0.6 is 0 Å². The highest BCUT2D eigenvalue weighted by Gasteiger charge is 2.46. The van der Waals surface area contributed by atoms with Gasteiger partial charge in [-0.25, -0.2) is 0 Å². The summed E-state index contributed by atoms with van der Waals surface area (Å²) in [6, 6.07) is 0.363. The Morgan fingerprint density at radius 1 is 1.33 bits per heavy atom. The van der Waals surface area contributed by atoms with Crippen molar-refractivity contribution in [2.24, 2.45) is 17.3 Å². The number of carbonyl (C=O) groups is 1. The van der Waals surface area contributed by atoms with E-state index in [2.05, 4.69) is 37.9 Å². The SMILES string of the molecule is CNC(C(=O)N1CC2CCCC2C1C)C(C)(C)C. The molecule has 3 nitrogen and oxygen atoms in total. The Balaban J connectivity index is 2.10. The van der Waals surface area contributed by atoms with E-state index < -0.39 is 0 Å². The van der Waals surface area contributed by atoms with E-state index in [1.807, 2.05) is 7.05 Å². The molecule has 1 N–H and O–H groups in total. The molecule has 18 heavy (non-hydrogen) atoms. The van der Waals surface area contributed by atoms with Gasteiger partial charge in [0.2, 0.25) is 5.91 Å². The van der Waals surface area contributed by atoms with Gasteiger partial charge in [-0.2, -0.15) is 0 Å². The van der Waals surface area contributed by atoms with Crippen LogP contribution in [0.25, 0.3) is 0 Å². The van der Waals surface area contributed by atoms with Crippen molar-refractivity contribution in [2.75, 3.05) is 13.6 Å². The fourth-order valence-electron chi connectivity index (χ4n) is 3.96. The average Bonchev–Trinajstić information content (AvgIpc) is 2.80. The Bertz CT molecular complexity index is 321. The molecule has 1 saturated carbocycles. The Morgan fingerprint density at radius 3 is 2.50 bits per heavy atom. The van der Waals surface area contributed by atoms with Crippen molar-refractivity contribution in [1.82, 2.24) is 10.2 Å². The Morgan fingerprint density at radius 2 is 2.00 bits per heavy atom. The zero-order chi connectivity index (χ0) is 13.5. The van der Waals surface area contributed by atoms with E-state index in [4.69, 9.17) is 0 Å². The first-order chi connectivity index (χ1) is 8.36. The van der Waals surface area contributed by atoms with Crippen molar-refractivity contribution < 1.29 is 4.79 Å². The molecule has 4 unspecified atom stereocenters. The van der Waals surface area contributed by atoms with Crippen LogP contribution in [0.2, 0.25) is 0 Å². The van der Waals surface area contributed by atoms with E-state index in [0.29, 0.717) is 11.9 Å². The number of hydrogen-bond acceptors (Lipinski definition) is 2.